The number of aromatic carboxylic acids is 1. The normalized spacial score (nSPS) is 12.4. The van der Waals surface area contributed by atoms with Gasteiger partial charge in [-0.1, -0.05) is 13.0 Å². The summed E-state index contributed by atoms with van der Waals surface area (Å²) in [6.45, 7) is 5.09. The van der Waals surface area contributed by atoms with Gasteiger partial charge in [0.2, 0.25) is 15.9 Å². The van der Waals surface area contributed by atoms with Gasteiger partial charge >= 0.3 is 5.97 Å². The topological polar surface area (TPSA) is 140 Å². The van der Waals surface area contributed by atoms with E-state index in [0.29, 0.717) is 11.3 Å². The molecule has 1 atom stereocenters. The van der Waals surface area contributed by atoms with Gasteiger partial charge in [0.15, 0.2) is 5.69 Å². The number of sulfonamides is 1. The molecule has 0 fully saturated rings. The lowest BCUT2D eigenvalue weighted by Gasteiger charge is -2.17. The number of anilines is 1. The Balaban J connectivity index is 2.04. The fourth-order valence-corrected chi connectivity index (χ4v) is 5.06. The largest absolute Gasteiger partial charge is 0.476 e. The van der Waals surface area contributed by atoms with Crippen molar-refractivity contribution >= 4 is 38.9 Å². The van der Waals surface area contributed by atoms with Crippen LogP contribution in [0.4, 0.5) is 5.69 Å². The van der Waals surface area contributed by atoms with Crippen molar-refractivity contribution in [3.05, 3.63) is 51.8 Å². The number of carbonyl (C=O) groups excluding carboxylic acids is 1. The molecule has 12 heteroatoms. The van der Waals surface area contributed by atoms with Crippen LogP contribution in [-0.4, -0.2) is 41.2 Å². The number of aromatic nitrogens is 2. The number of carboxylic acid groups (broad SMARTS) is 1. The Morgan fingerprint density at radius 1 is 1.30 bits per heavy atom. The fraction of sp³-hybridized carbons (Fsp3) is 0.286. The van der Waals surface area contributed by atoms with Gasteiger partial charge < -0.3 is 15.2 Å². The predicted octanol–water partition coefficient (Wildman–Crippen LogP) is 3.61. The van der Waals surface area contributed by atoms with E-state index >= 15 is 0 Å². The van der Waals surface area contributed by atoms with E-state index in [-0.39, 0.29) is 45.4 Å². The molecule has 0 unspecified atom stereocenters. The van der Waals surface area contributed by atoms with E-state index in [1.165, 1.54) is 48.2 Å². The van der Waals surface area contributed by atoms with Gasteiger partial charge in [0.25, 0.3) is 5.91 Å². The molecule has 0 aliphatic heterocycles. The smallest absolute Gasteiger partial charge is 0.356 e. The van der Waals surface area contributed by atoms with Crippen LogP contribution in [0.15, 0.2) is 40.6 Å². The Morgan fingerprint density at radius 3 is 2.61 bits per heavy atom. The summed E-state index contributed by atoms with van der Waals surface area (Å²) in [6, 6.07) is 7.27. The van der Waals surface area contributed by atoms with Crippen LogP contribution in [0.5, 0.6) is 11.6 Å². The molecule has 0 saturated carbocycles. The SMILES string of the molecule is CC[C@H](C)NS(=O)(=O)c1cc(NC(=O)c2cccs2)ccc1Oc1c(C)c(C(=O)O)nn1C. The molecule has 0 aliphatic carbocycles. The highest BCUT2D eigenvalue weighted by atomic mass is 32.2. The number of carbonyl (C=O) groups is 2. The Bertz CT molecular complexity index is 1280. The van der Waals surface area contributed by atoms with Gasteiger partial charge in [0.05, 0.1) is 4.88 Å². The highest BCUT2D eigenvalue weighted by Crippen LogP contribution is 2.34. The zero-order valence-corrected chi connectivity index (χ0v) is 20.1. The minimum absolute atomic E-state index is 0.0389. The third-order valence-corrected chi connectivity index (χ3v) is 7.31. The fourth-order valence-electron chi connectivity index (χ4n) is 2.96. The molecule has 0 aliphatic rings. The molecule has 3 rings (SSSR count). The van der Waals surface area contributed by atoms with Crippen LogP contribution in [0.3, 0.4) is 0 Å². The first kappa shape index (κ1) is 24.4. The monoisotopic (exact) mass is 492 g/mol. The van der Waals surface area contributed by atoms with E-state index < -0.39 is 16.0 Å². The summed E-state index contributed by atoms with van der Waals surface area (Å²) in [5, 5.41) is 17.7. The standard InChI is InChI=1S/C21H24N4O6S2/c1-5-12(2)24-33(29,30)17-11-14(22-19(26)16-7-6-10-32-16)8-9-15(17)31-20-13(3)18(21(27)28)23-25(20)4/h6-12,24H,5H2,1-4H3,(H,22,26)(H,27,28)/t12-/m0/s1. The zero-order valence-electron chi connectivity index (χ0n) is 18.4. The predicted molar refractivity (Wildman–Crippen MR) is 124 cm³/mol. The highest BCUT2D eigenvalue weighted by Gasteiger charge is 2.26. The third-order valence-electron chi connectivity index (χ3n) is 4.83. The second-order valence-corrected chi connectivity index (χ2v) is 9.96. The van der Waals surface area contributed by atoms with Crippen LogP contribution in [0.2, 0.25) is 0 Å². The maximum Gasteiger partial charge on any atom is 0.356 e. The van der Waals surface area contributed by atoms with Crippen molar-refractivity contribution in [2.24, 2.45) is 7.05 Å². The van der Waals surface area contributed by atoms with Crippen LogP contribution >= 0.6 is 11.3 Å². The molecule has 3 N–H and O–H groups in total. The van der Waals surface area contributed by atoms with Crippen LogP contribution < -0.4 is 14.8 Å². The van der Waals surface area contributed by atoms with Crippen molar-refractivity contribution < 1.29 is 27.9 Å². The van der Waals surface area contributed by atoms with E-state index in [0.717, 1.165) is 0 Å². The first-order valence-electron chi connectivity index (χ1n) is 9.99. The molecule has 1 aromatic carbocycles. The van der Waals surface area contributed by atoms with Crippen molar-refractivity contribution in [1.29, 1.82) is 0 Å². The number of hydrogen-bond donors (Lipinski definition) is 3. The zero-order chi connectivity index (χ0) is 24.3. The lowest BCUT2D eigenvalue weighted by atomic mass is 10.2. The number of hydrogen-bond acceptors (Lipinski definition) is 7. The number of benzene rings is 1. The summed E-state index contributed by atoms with van der Waals surface area (Å²) in [6.07, 6.45) is 0.563. The molecular formula is C21H24N4O6S2. The molecule has 1 amide bonds. The van der Waals surface area contributed by atoms with Crippen molar-refractivity contribution in [2.75, 3.05) is 5.32 Å². The Hall–Kier alpha value is -3.22. The highest BCUT2D eigenvalue weighted by molar-refractivity contribution is 7.89. The molecule has 0 saturated heterocycles. The molecular weight excluding hydrogens is 468 g/mol. The Morgan fingerprint density at radius 2 is 2.03 bits per heavy atom. The summed E-state index contributed by atoms with van der Waals surface area (Å²) in [7, 11) is -2.54. The first-order valence-corrected chi connectivity index (χ1v) is 12.4. The van der Waals surface area contributed by atoms with Crippen LogP contribution in [0.25, 0.3) is 0 Å². The molecule has 0 bridgehead atoms. The first-order chi connectivity index (χ1) is 15.5. The van der Waals surface area contributed by atoms with Crippen LogP contribution in [-0.2, 0) is 17.1 Å². The van der Waals surface area contributed by atoms with E-state index in [9.17, 15) is 23.1 Å². The second kappa shape index (κ2) is 9.73. The quantitative estimate of drug-likeness (QED) is 0.414. The van der Waals surface area contributed by atoms with Gasteiger partial charge in [-0.25, -0.2) is 22.6 Å². The van der Waals surface area contributed by atoms with E-state index in [1.54, 1.807) is 24.4 Å². The summed E-state index contributed by atoms with van der Waals surface area (Å²) < 4.78 is 35.9. The van der Waals surface area contributed by atoms with E-state index in [4.69, 9.17) is 4.74 Å². The number of amides is 1. The molecule has 0 spiro atoms. The molecule has 0 radical (unpaired) electrons. The molecule has 10 nitrogen and oxygen atoms in total. The maximum absolute atomic E-state index is 13.1. The number of thiophene rings is 1. The lowest BCUT2D eigenvalue weighted by molar-refractivity contribution is 0.0688. The maximum atomic E-state index is 13.1. The van der Waals surface area contributed by atoms with E-state index in [1.807, 2.05) is 6.92 Å². The van der Waals surface area contributed by atoms with E-state index in [2.05, 4.69) is 15.1 Å². The Labute approximate surface area is 195 Å². The average Bonchev–Trinajstić information content (AvgIpc) is 3.38. The van der Waals surface area contributed by atoms with Crippen molar-refractivity contribution in [3.8, 4) is 11.6 Å². The van der Waals surface area contributed by atoms with Gasteiger partial charge in [-0.05, 0) is 49.9 Å². The second-order valence-electron chi connectivity index (χ2n) is 7.33. The van der Waals surface area contributed by atoms with Crippen molar-refractivity contribution in [2.45, 2.75) is 38.1 Å². The van der Waals surface area contributed by atoms with Crippen molar-refractivity contribution in [3.63, 3.8) is 0 Å². The number of carboxylic acids is 1. The third kappa shape index (κ3) is 5.41. The molecule has 3 aromatic rings. The van der Waals surface area contributed by atoms with Crippen LogP contribution in [0, 0.1) is 6.92 Å². The summed E-state index contributed by atoms with van der Waals surface area (Å²) in [4.78, 5) is 24.1. The summed E-state index contributed by atoms with van der Waals surface area (Å²) in [5.74, 6) is -1.55. The number of ether oxygens (including phenoxy) is 1. The minimum Gasteiger partial charge on any atom is -0.476 e. The molecule has 2 heterocycles. The van der Waals surface area contributed by atoms with Crippen molar-refractivity contribution in [1.82, 2.24) is 14.5 Å². The average molecular weight is 493 g/mol. The number of aryl methyl sites for hydroxylation is 1. The lowest BCUT2D eigenvalue weighted by Crippen LogP contribution is -2.32. The van der Waals surface area contributed by atoms with Gasteiger partial charge in [0.1, 0.15) is 10.6 Å². The van der Waals surface area contributed by atoms with Gasteiger partial charge in [-0.3, -0.25) is 4.79 Å². The van der Waals surface area contributed by atoms with Gasteiger partial charge in [0, 0.05) is 24.3 Å². The summed E-state index contributed by atoms with van der Waals surface area (Å²) >= 11 is 1.26. The number of nitrogens with zero attached hydrogens (tertiary/aromatic N) is 2. The van der Waals surface area contributed by atoms with Gasteiger partial charge in [-0.15, -0.1) is 11.3 Å². The van der Waals surface area contributed by atoms with Crippen LogP contribution in [0.1, 0.15) is 46.0 Å². The molecule has 2 aromatic heterocycles. The molecule has 176 valence electrons. The summed E-state index contributed by atoms with van der Waals surface area (Å²) in [5.41, 5.74) is 0.311. The number of rotatable bonds is 9. The molecule has 33 heavy (non-hydrogen) atoms. The Kier molecular flexibility index (Phi) is 7.20. The minimum atomic E-state index is -4.04. The van der Waals surface area contributed by atoms with Gasteiger partial charge in [-0.2, -0.15) is 5.10 Å². The number of nitrogens with one attached hydrogen (secondary N) is 2.